The number of nitrogens with one attached hydrogen (secondary N) is 1. The molecule has 32 heavy (non-hydrogen) atoms. The summed E-state index contributed by atoms with van der Waals surface area (Å²) in [6, 6.07) is 10.8. The van der Waals surface area contributed by atoms with Gasteiger partial charge in [0.25, 0.3) is 10.0 Å². The molecule has 7 nitrogen and oxygen atoms in total. The van der Waals surface area contributed by atoms with Crippen molar-refractivity contribution in [3.63, 3.8) is 0 Å². The minimum Gasteiger partial charge on any atom is -0.315 e. The van der Waals surface area contributed by atoms with Gasteiger partial charge in [-0.2, -0.15) is 0 Å². The summed E-state index contributed by atoms with van der Waals surface area (Å²) in [4.78, 5) is 0.109. The molecule has 0 aliphatic carbocycles. The van der Waals surface area contributed by atoms with Crippen LogP contribution in [0.25, 0.3) is 11.4 Å². The molecular weight excluding hydrogens is 453 g/mol. The number of sulfonamides is 1. The van der Waals surface area contributed by atoms with Crippen LogP contribution in [0.5, 0.6) is 0 Å². The predicted octanol–water partition coefficient (Wildman–Crippen LogP) is 4.27. The zero-order valence-electron chi connectivity index (χ0n) is 18.1. The number of hydrogen-bond donors (Lipinski definition) is 1. The molecule has 0 spiro atoms. The molecule has 1 aromatic heterocycles. The molecule has 170 valence electrons. The van der Waals surface area contributed by atoms with Crippen LogP contribution in [-0.4, -0.2) is 41.8 Å². The van der Waals surface area contributed by atoms with E-state index in [0.29, 0.717) is 11.4 Å². The van der Waals surface area contributed by atoms with Crippen molar-refractivity contribution in [1.29, 1.82) is 0 Å². The first kappa shape index (κ1) is 22.7. The van der Waals surface area contributed by atoms with Crippen LogP contribution < -0.4 is 9.62 Å². The standard InChI is InChI=1S/C22H25ClFN5O2S/c1-22(2,3)29(32(30,31)16-7-5-4-6-8-16)20-12-19(24)18(23)11-17(20)21-27-26-14-28(21)15-9-10-25-13-15/h4-8,11-12,14-15,25H,9-10,13H2,1-3H3. The van der Waals surface area contributed by atoms with Gasteiger partial charge in [0.2, 0.25) is 0 Å². The lowest BCUT2D eigenvalue weighted by molar-refractivity contribution is 0.533. The van der Waals surface area contributed by atoms with E-state index in [1.54, 1.807) is 45.3 Å². The Hall–Kier alpha value is -2.49. The Morgan fingerprint density at radius 3 is 2.56 bits per heavy atom. The molecule has 0 amide bonds. The second kappa shape index (κ2) is 8.46. The molecule has 2 heterocycles. The van der Waals surface area contributed by atoms with E-state index in [1.807, 2.05) is 4.57 Å². The summed E-state index contributed by atoms with van der Waals surface area (Å²) in [7, 11) is -4.03. The summed E-state index contributed by atoms with van der Waals surface area (Å²) in [5.41, 5.74) is -0.359. The van der Waals surface area contributed by atoms with Gasteiger partial charge in [-0.1, -0.05) is 29.8 Å². The van der Waals surface area contributed by atoms with Crippen LogP contribution in [0.15, 0.2) is 53.7 Å². The predicted molar refractivity (Wildman–Crippen MR) is 123 cm³/mol. The normalized spacial score (nSPS) is 17.0. The van der Waals surface area contributed by atoms with Gasteiger partial charge in [0.1, 0.15) is 12.1 Å². The number of aromatic nitrogens is 3. The molecule has 3 aromatic rings. The van der Waals surface area contributed by atoms with Gasteiger partial charge in [-0.3, -0.25) is 4.31 Å². The molecule has 0 radical (unpaired) electrons. The molecule has 1 fully saturated rings. The van der Waals surface area contributed by atoms with Crippen molar-refractivity contribution >= 4 is 27.3 Å². The molecule has 1 aliphatic rings. The van der Waals surface area contributed by atoms with Crippen molar-refractivity contribution in [3.05, 3.63) is 59.6 Å². The lowest BCUT2D eigenvalue weighted by Gasteiger charge is -2.37. The molecule has 0 saturated carbocycles. The van der Waals surface area contributed by atoms with Crippen molar-refractivity contribution in [2.24, 2.45) is 0 Å². The van der Waals surface area contributed by atoms with E-state index in [2.05, 4.69) is 15.5 Å². The number of hydrogen-bond acceptors (Lipinski definition) is 5. The number of benzene rings is 2. The fourth-order valence-corrected chi connectivity index (χ4v) is 6.02. The topological polar surface area (TPSA) is 80.1 Å². The van der Waals surface area contributed by atoms with E-state index in [4.69, 9.17) is 11.6 Å². The minimum atomic E-state index is -4.03. The zero-order chi connectivity index (χ0) is 23.1. The largest absolute Gasteiger partial charge is 0.315 e. The average molecular weight is 478 g/mol. The highest BCUT2D eigenvalue weighted by Gasteiger charge is 2.37. The van der Waals surface area contributed by atoms with E-state index in [9.17, 15) is 12.8 Å². The Balaban J connectivity index is 1.96. The Bertz CT molecular complexity index is 1220. The van der Waals surface area contributed by atoms with Crippen LogP contribution in [0, 0.1) is 5.82 Å². The third-order valence-corrected chi connectivity index (χ3v) is 7.77. The van der Waals surface area contributed by atoms with Crippen molar-refractivity contribution in [1.82, 2.24) is 20.1 Å². The van der Waals surface area contributed by atoms with Crippen LogP contribution in [-0.2, 0) is 10.0 Å². The number of anilines is 1. The molecule has 4 rings (SSSR count). The van der Waals surface area contributed by atoms with Gasteiger partial charge < -0.3 is 9.88 Å². The fraction of sp³-hybridized carbons (Fsp3) is 0.364. The molecule has 1 unspecified atom stereocenters. The number of rotatable bonds is 5. The fourth-order valence-electron chi connectivity index (χ4n) is 4.01. The van der Waals surface area contributed by atoms with Gasteiger partial charge in [0.05, 0.1) is 21.6 Å². The summed E-state index contributed by atoms with van der Waals surface area (Å²) in [6.07, 6.45) is 2.49. The van der Waals surface area contributed by atoms with E-state index >= 15 is 0 Å². The second-order valence-corrected chi connectivity index (χ2v) is 10.9. The van der Waals surface area contributed by atoms with Gasteiger partial charge >= 0.3 is 0 Å². The smallest absolute Gasteiger partial charge is 0.264 e. The zero-order valence-corrected chi connectivity index (χ0v) is 19.7. The highest BCUT2D eigenvalue weighted by Crippen LogP contribution is 2.41. The van der Waals surface area contributed by atoms with Crippen LogP contribution in [0.3, 0.4) is 0 Å². The summed E-state index contributed by atoms with van der Waals surface area (Å²) >= 11 is 6.15. The highest BCUT2D eigenvalue weighted by atomic mass is 35.5. The summed E-state index contributed by atoms with van der Waals surface area (Å²) in [5.74, 6) is -0.273. The lowest BCUT2D eigenvalue weighted by atomic mass is 10.1. The first-order valence-corrected chi connectivity index (χ1v) is 12.1. The van der Waals surface area contributed by atoms with Gasteiger partial charge in [0.15, 0.2) is 5.82 Å². The average Bonchev–Trinajstić information content (AvgIpc) is 3.41. The molecular formula is C22H25ClFN5O2S. The van der Waals surface area contributed by atoms with Crippen LogP contribution in [0.1, 0.15) is 33.2 Å². The first-order valence-electron chi connectivity index (χ1n) is 10.3. The van der Waals surface area contributed by atoms with E-state index in [0.717, 1.165) is 25.6 Å². The number of nitrogens with zero attached hydrogens (tertiary/aromatic N) is 4. The van der Waals surface area contributed by atoms with Crippen molar-refractivity contribution in [2.75, 3.05) is 17.4 Å². The third-order valence-electron chi connectivity index (χ3n) is 5.39. The molecule has 10 heteroatoms. The molecule has 1 aliphatic heterocycles. The summed E-state index contributed by atoms with van der Waals surface area (Å²) in [5, 5.41) is 11.5. The SMILES string of the molecule is CC(C)(C)N(c1cc(F)c(Cl)cc1-c1nncn1C1CCNC1)S(=O)(=O)c1ccccc1. The Labute approximate surface area is 192 Å². The van der Waals surface area contributed by atoms with E-state index in [1.165, 1.54) is 22.5 Å². The van der Waals surface area contributed by atoms with Gasteiger partial charge in [-0.25, -0.2) is 12.8 Å². The molecule has 1 saturated heterocycles. The lowest BCUT2D eigenvalue weighted by Crippen LogP contribution is -2.46. The van der Waals surface area contributed by atoms with Gasteiger partial charge in [0, 0.05) is 23.7 Å². The molecule has 1 atom stereocenters. The Morgan fingerprint density at radius 2 is 1.94 bits per heavy atom. The van der Waals surface area contributed by atoms with Crippen LogP contribution in [0.2, 0.25) is 5.02 Å². The van der Waals surface area contributed by atoms with Crippen LogP contribution >= 0.6 is 11.6 Å². The van der Waals surface area contributed by atoms with Gasteiger partial charge in [-0.15, -0.1) is 10.2 Å². The maximum atomic E-state index is 14.7. The molecule has 2 aromatic carbocycles. The van der Waals surface area contributed by atoms with Crippen molar-refractivity contribution < 1.29 is 12.8 Å². The van der Waals surface area contributed by atoms with Crippen LogP contribution in [0.4, 0.5) is 10.1 Å². The number of halogens is 2. The third kappa shape index (κ3) is 4.12. The second-order valence-electron chi connectivity index (χ2n) is 8.75. The maximum Gasteiger partial charge on any atom is 0.264 e. The Kier molecular flexibility index (Phi) is 6.00. The van der Waals surface area contributed by atoms with E-state index < -0.39 is 21.4 Å². The van der Waals surface area contributed by atoms with Crippen molar-refractivity contribution in [2.45, 2.75) is 43.7 Å². The monoisotopic (exact) mass is 477 g/mol. The van der Waals surface area contributed by atoms with Gasteiger partial charge in [-0.05, 0) is 51.9 Å². The molecule has 0 bridgehead atoms. The first-order chi connectivity index (χ1) is 15.1. The van der Waals surface area contributed by atoms with E-state index in [-0.39, 0.29) is 21.6 Å². The molecule has 1 N–H and O–H groups in total. The minimum absolute atomic E-state index is 0.102. The maximum absolute atomic E-state index is 14.7. The summed E-state index contributed by atoms with van der Waals surface area (Å²) in [6.45, 7) is 6.87. The Morgan fingerprint density at radius 1 is 1.22 bits per heavy atom. The summed E-state index contributed by atoms with van der Waals surface area (Å²) < 4.78 is 45.4. The quantitative estimate of drug-likeness (QED) is 0.593. The highest BCUT2D eigenvalue weighted by molar-refractivity contribution is 7.93. The van der Waals surface area contributed by atoms with Crippen molar-refractivity contribution in [3.8, 4) is 11.4 Å².